The van der Waals surface area contributed by atoms with Gasteiger partial charge in [0.2, 0.25) is 0 Å². The van der Waals surface area contributed by atoms with Crippen molar-refractivity contribution < 1.29 is 4.79 Å². The molecule has 1 N–H and O–H groups in total. The molecule has 50 valence electrons. The largest absolute Gasteiger partial charge is 0.313 e. The predicted octanol–water partition coefficient (Wildman–Crippen LogP) is 0.183. The molecule has 3 rings (SSSR count). The van der Waals surface area contributed by atoms with Crippen LogP contribution in [0.5, 0.6) is 0 Å². The van der Waals surface area contributed by atoms with E-state index in [1.54, 1.807) is 6.92 Å². The number of nitrogens with one attached hydrogen (secondary N) is 1. The summed E-state index contributed by atoms with van der Waals surface area (Å²) < 4.78 is 0. The number of ketones is 1. The normalized spacial score (nSPS) is 46.6. The summed E-state index contributed by atoms with van der Waals surface area (Å²) in [7, 11) is 0. The van der Waals surface area contributed by atoms with E-state index in [1.807, 2.05) is 0 Å². The Bertz CT molecular complexity index is 141. The van der Waals surface area contributed by atoms with E-state index in [9.17, 15) is 4.79 Å². The molecule has 0 spiro atoms. The molecule has 3 aliphatic rings. The van der Waals surface area contributed by atoms with E-state index in [4.69, 9.17) is 0 Å². The molecule has 0 aromatic heterocycles. The number of carbonyl (C=O) groups excluding carboxylic acids is 1. The molecular weight excluding hydrogens is 114 g/mol. The van der Waals surface area contributed by atoms with Crippen LogP contribution in [0.15, 0.2) is 0 Å². The zero-order chi connectivity index (χ0) is 6.43. The average Bonchev–Trinajstić information content (AvgIpc) is 2.13. The minimum atomic E-state index is 0.376. The third-order valence-corrected chi connectivity index (χ3v) is 2.61. The van der Waals surface area contributed by atoms with Gasteiger partial charge in [-0.3, -0.25) is 4.79 Å². The Balaban J connectivity index is 2.10. The van der Waals surface area contributed by atoms with E-state index in [2.05, 4.69) is 5.32 Å². The number of rotatable bonds is 1. The first-order valence-corrected chi connectivity index (χ1v) is 3.53. The fraction of sp³-hybridized carbons (Fsp3) is 0.857. The number of hydrogen-bond acceptors (Lipinski definition) is 2. The van der Waals surface area contributed by atoms with Crippen molar-refractivity contribution in [3.8, 4) is 0 Å². The molecule has 2 heterocycles. The third kappa shape index (κ3) is 0.568. The number of fused-ring (bicyclic) bond motifs is 1. The lowest BCUT2D eigenvalue weighted by molar-refractivity contribution is -0.124. The van der Waals surface area contributed by atoms with Crippen molar-refractivity contribution in [1.29, 1.82) is 0 Å². The van der Waals surface area contributed by atoms with Crippen molar-refractivity contribution in [1.82, 2.24) is 5.32 Å². The molecule has 0 radical (unpaired) electrons. The van der Waals surface area contributed by atoms with Crippen molar-refractivity contribution in [2.24, 2.45) is 11.8 Å². The summed E-state index contributed by atoms with van der Waals surface area (Å²) >= 11 is 0. The Hall–Kier alpha value is -0.370. The average molecular weight is 125 g/mol. The fourth-order valence-corrected chi connectivity index (χ4v) is 2.09. The van der Waals surface area contributed by atoms with Crippen LogP contribution in [0.3, 0.4) is 0 Å². The summed E-state index contributed by atoms with van der Waals surface area (Å²) in [5, 5.41) is 3.30. The lowest BCUT2D eigenvalue weighted by Crippen LogP contribution is -2.41. The molecule has 2 aliphatic heterocycles. The second-order valence-corrected chi connectivity index (χ2v) is 3.15. The van der Waals surface area contributed by atoms with Gasteiger partial charge >= 0.3 is 0 Å². The van der Waals surface area contributed by atoms with E-state index in [0.29, 0.717) is 23.7 Å². The third-order valence-electron chi connectivity index (χ3n) is 2.61. The molecule has 1 saturated carbocycles. The van der Waals surface area contributed by atoms with Gasteiger partial charge < -0.3 is 5.32 Å². The molecule has 0 aromatic carbocycles. The first-order chi connectivity index (χ1) is 4.29. The highest BCUT2D eigenvalue weighted by Crippen LogP contribution is 2.40. The van der Waals surface area contributed by atoms with Gasteiger partial charge in [-0.05, 0) is 25.8 Å². The van der Waals surface area contributed by atoms with Gasteiger partial charge in [0.1, 0.15) is 5.78 Å². The Kier molecular flexibility index (Phi) is 0.943. The Morgan fingerprint density at radius 1 is 1.67 bits per heavy atom. The molecule has 3 fully saturated rings. The molecule has 3 atom stereocenters. The summed E-state index contributed by atoms with van der Waals surface area (Å²) in [6.45, 7) is 2.78. The van der Waals surface area contributed by atoms with Crippen LogP contribution in [0, 0.1) is 11.8 Å². The van der Waals surface area contributed by atoms with Crippen LogP contribution in [-0.2, 0) is 4.79 Å². The molecule has 0 amide bonds. The maximum atomic E-state index is 10.8. The van der Waals surface area contributed by atoms with Gasteiger partial charge in [-0.15, -0.1) is 0 Å². The highest BCUT2D eigenvalue weighted by atomic mass is 16.1. The summed E-state index contributed by atoms with van der Waals surface area (Å²) in [6, 6.07) is 0.549. The molecule has 0 aromatic rings. The monoisotopic (exact) mass is 125 g/mol. The molecule has 2 bridgehead atoms. The van der Waals surface area contributed by atoms with Crippen LogP contribution in [0.1, 0.15) is 13.3 Å². The lowest BCUT2D eigenvalue weighted by atomic mass is 9.72. The van der Waals surface area contributed by atoms with Crippen molar-refractivity contribution >= 4 is 5.78 Å². The van der Waals surface area contributed by atoms with Crippen LogP contribution in [-0.4, -0.2) is 18.4 Å². The summed E-state index contributed by atoms with van der Waals surface area (Å²) in [4.78, 5) is 10.8. The minimum absolute atomic E-state index is 0.376. The van der Waals surface area contributed by atoms with Crippen LogP contribution in [0.4, 0.5) is 0 Å². The Labute approximate surface area is 54.6 Å². The smallest absolute Gasteiger partial charge is 0.134 e. The Morgan fingerprint density at radius 3 is 2.67 bits per heavy atom. The molecule has 2 saturated heterocycles. The summed E-state index contributed by atoms with van der Waals surface area (Å²) in [6.07, 6.45) is 1.24. The van der Waals surface area contributed by atoms with Gasteiger partial charge in [0.25, 0.3) is 0 Å². The van der Waals surface area contributed by atoms with E-state index in [-0.39, 0.29) is 0 Å². The van der Waals surface area contributed by atoms with Crippen LogP contribution >= 0.6 is 0 Å². The highest BCUT2D eigenvalue weighted by Gasteiger charge is 2.48. The highest BCUT2D eigenvalue weighted by molar-refractivity contribution is 5.81. The number of carbonyl (C=O) groups is 1. The second kappa shape index (κ2) is 1.57. The van der Waals surface area contributed by atoms with E-state index in [1.165, 1.54) is 6.42 Å². The molecule has 1 aliphatic carbocycles. The summed E-state index contributed by atoms with van der Waals surface area (Å²) in [5.74, 6) is 1.44. The standard InChI is InChI=1S/C7H11NO/c1-4(9)7-5-2-6(7)8-3-5/h5-8H,2-3H2,1H3/t5-,6-,7+/m0/s1. The molecular formula is C7H11NO. The van der Waals surface area contributed by atoms with Crippen LogP contribution in [0.2, 0.25) is 0 Å². The van der Waals surface area contributed by atoms with Gasteiger partial charge in [-0.1, -0.05) is 0 Å². The zero-order valence-corrected chi connectivity index (χ0v) is 5.55. The topological polar surface area (TPSA) is 29.1 Å². The molecule has 2 nitrogen and oxygen atoms in total. The number of hydrogen-bond donors (Lipinski definition) is 1. The maximum absolute atomic E-state index is 10.8. The van der Waals surface area contributed by atoms with Crippen molar-refractivity contribution in [2.75, 3.05) is 6.54 Å². The molecule has 2 heteroatoms. The predicted molar refractivity (Wildman–Crippen MR) is 34.1 cm³/mol. The van der Waals surface area contributed by atoms with Crippen LogP contribution < -0.4 is 5.32 Å². The SMILES string of the molecule is CC(=O)[C@@H]1[C@@H]2CN[C@H]1C2. The van der Waals surface area contributed by atoms with Crippen molar-refractivity contribution in [3.63, 3.8) is 0 Å². The van der Waals surface area contributed by atoms with Gasteiger partial charge in [-0.2, -0.15) is 0 Å². The zero-order valence-electron chi connectivity index (χ0n) is 5.55. The van der Waals surface area contributed by atoms with Gasteiger partial charge in [0.15, 0.2) is 0 Å². The summed E-state index contributed by atoms with van der Waals surface area (Å²) in [5.41, 5.74) is 0. The van der Waals surface area contributed by atoms with E-state index in [0.717, 1.165) is 6.54 Å². The molecule has 9 heavy (non-hydrogen) atoms. The fourth-order valence-electron chi connectivity index (χ4n) is 2.09. The van der Waals surface area contributed by atoms with Gasteiger partial charge in [0.05, 0.1) is 0 Å². The van der Waals surface area contributed by atoms with Crippen molar-refractivity contribution in [2.45, 2.75) is 19.4 Å². The van der Waals surface area contributed by atoms with E-state index < -0.39 is 0 Å². The van der Waals surface area contributed by atoms with Crippen LogP contribution in [0.25, 0.3) is 0 Å². The number of Topliss-reactive ketones (excluding diaryl/α,β-unsaturated/α-hetero) is 1. The lowest BCUT2D eigenvalue weighted by Gasteiger charge is -2.31. The second-order valence-electron chi connectivity index (χ2n) is 3.15. The first kappa shape index (κ1) is 5.42. The quantitative estimate of drug-likeness (QED) is 0.541. The Morgan fingerprint density at radius 2 is 2.44 bits per heavy atom. The minimum Gasteiger partial charge on any atom is -0.313 e. The van der Waals surface area contributed by atoms with Gasteiger partial charge in [-0.25, -0.2) is 0 Å². The van der Waals surface area contributed by atoms with Crippen molar-refractivity contribution in [3.05, 3.63) is 0 Å². The van der Waals surface area contributed by atoms with Gasteiger partial charge in [0, 0.05) is 12.0 Å². The first-order valence-electron chi connectivity index (χ1n) is 3.53. The van der Waals surface area contributed by atoms with E-state index >= 15 is 0 Å². The molecule has 0 unspecified atom stereocenters. The maximum Gasteiger partial charge on any atom is 0.134 e.